The van der Waals surface area contributed by atoms with Gasteiger partial charge in [-0.05, 0) is 42.8 Å². The molecule has 0 aliphatic carbocycles. The minimum absolute atomic E-state index is 0. The Morgan fingerprint density at radius 3 is 2.54 bits per heavy atom. The maximum absolute atomic E-state index is 12.1. The molecule has 0 bridgehead atoms. The van der Waals surface area contributed by atoms with Crippen molar-refractivity contribution >= 4 is 57.5 Å². The molecular weight excluding hydrogens is 509 g/mol. The molecule has 1 aromatic carbocycles. The van der Waals surface area contributed by atoms with E-state index in [1.165, 1.54) is 0 Å². The van der Waals surface area contributed by atoms with Crippen molar-refractivity contribution in [2.75, 3.05) is 25.5 Å². The Bertz CT molecular complexity index is 718. The molecule has 0 unspecified atom stereocenters. The number of rotatable bonds is 7. The zero-order valence-electron chi connectivity index (χ0n) is 15.0. The van der Waals surface area contributed by atoms with Gasteiger partial charge in [-0.15, -0.1) is 24.0 Å². The second kappa shape index (κ2) is 11.9. The molecule has 0 aliphatic rings. The molecule has 0 saturated heterocycles. The predicted molar refractivity (Wildman–Crippen MR) is 121 cm³/mol. The summed E-state index contributed by atoms with van der Waals surface area (Å²) >= 11 is 3.42. The number of hydrogen-bond donors (Lipinski definition) is 3. The molecule has 0 atom stereocenters. The third-order valence-electron chi connectivity index (χ3n) is 3.66. The van der Waals surface area contributed by atoms with Crippen LogP contribution in [0.3, 0.4) is 0 Å². The first-order valence-electron chi connectivity index (χ1n) is 8.20. The molecule has 0 aliphatic heterocycles. The number of nitrogens with zero attached hydrogens (tertiary/aromatic N) is 2. The summed E-state index contributed by atoms with van der Waals surface area (Å²) in [7, 11) is 1.72. The lowest BCUT2D eigenvalue weighted by Gasteiger charge is -2.13. The van der Waals surface area contributed by atoms with Crippen molar-refractivity contribution in [2.24, 2.45) is 4.99 Å². The highest BCUT2D eigenvalue weighted by atomic mass is 127. The van der Waals surface area contributed by atoms with Crippen LogP contribution in [0, 0.1) is 6.92 Å². The van der Waals surface area contributed by atoms with Crippen LogP contribution in [0.1, 0.15) is 12.0 Å². The topological polar surface area (TPSA) is 70.4 Å². The van der Waals surface area contributed by atoms with Crippen LogP contribution in [0.4, 0.5) is 5.69 Å². The summed E-state index contributed by atoms with van der Waals surface area (Å²) in [5.41, 5.74) is 1.86. The molecular formula is C18H25BrIN5O. The van der Waals surface area contributed by atoms with E-state index in [0.717, 1.165) is 28.8 Å². The van der Waals surface area contributed by atoms with Gasteiger partial charge in [0.15, 0.2) is 5.96 Å². The maximum Gasteiger partial charge on any atom is 0.226 e. The van der Waals surface area contributed by atoms with Gasteiger partial charge in [-0.1, -0.05) is 15.9 Å². The van der Waals surface area contributed by atoms with Gasteiger partial charge in [0.1, 0.15) is 0 Å². The van der Waals surface area contributed by atoms with Gasteiger partial charge in [0.05, 0.1) is 0 Å². The SMILES string of the molecule is CN=C(NCCC(=O)Nc1ccc(Br)cc1C)NCCn1cccc1.I. The summed E-state index contributed by atoms with van der Waals surface area (Å²) in [6.45, 7) is 4.11. The van der Waals surface area contributed by atoms with Crippen molar-refractivity contribution < 1.29 is 4.79 Å². The summed E-state index contributed by atoms with van der Waals surface area (Å²) < 4.78 is 3.09. The molecule has 0 saturated carbocycles. The van der Waals surface area contributed by atoms with Crippen molar-refractivity contribution in [1.29, 1.82) is 0 Å². The monoisotopic (exact) mass is 533 g/mol. The van der Waals surface area contributed by atoms with E-state index in [1.54, 1.807) is 7.05 Å². The van der Waals surface area contributed by atoms with Crippen LogP contribution in [0.5, 0.6) is 0 Å². The zero-order chi connectivity index (χ0) is 18.1. The minimum atomic E-state index is -0.0271. The second-order valence-electron chi connectivity index (χ2n) is 5.60. The molecule has 6 nitrogen and oxygen atoms in total. The normalized spacial score (nSPS) is 10.8. The first kappa shape index (κ1) is 22.5. The number of aromatic nitrogens is 1. The smallest absolute Gasteiger partial charge is 0.226 e. The first-order chi connectivity index (χ1) is 12.1. The lowest BCUT2D eigenvalue weighted by molar-refractivity contribution is -0.116. The molecule has 3 N–H and O–H groups in total. The summed E-state index contributed by atoms with van der Waals surface area (Å²) in [5.74, 6) is 0.667. The van der Waals surface area contributed by atoms with Gasteiger partial charge in [0.2, 0.25) is 5.91 Å². The minimum Gasteiger partial charge on any atom is -0.356 e. The highest BCUT2D eigenvalue weighted by Crippen LogP contribution is 2.19. The number of carbonyl (C=O) groups is 1. The van der Waals surface area contributed by atoms with Crippen molar-refractivity contribution in [2.45, 2.75) is 19.9 Å². The number of anilines is 1. The largest absolute Gasteiger partial charge is 0.356 e. The van der Waals surface area contributed by atoms with Gasteiger partial charge in [-0.2, -0.15) is 0 Å². The second-order valence-corrected chi connectivity index (χ2v) is 6.52. The highest BCUT2D eigenvalue weighted by Gasteiger charge is 2.06. The Kier molecular flexibility index (Phi) is 10.3. The van der Waals surface area contributed by atoms with Crippen LogP contribution in [-0.4, -0.2) is 36.6 Å². The fraction of sp³-hybridized carbons (Fsp3) is 0.333. The van der Waals surface area contributed by atoms with Gasteiger partial charge in [0, 0.05) is 55.7 Å². The molecule has 26 heavy (non-hydrogen) atoms. The summed E-state index contributed by atoms with van der Waals surface area (Å²) in [5, 5.41) is 9.31. The number of hydrogen-bond acceptors (Lipinski definition) is 2. The van der Waals surface area contributed by atoms with Gasteiger partial charge in [-0.3, -0.25) is 9.79 Å². The number of carbonyl (C=O) groups excluding carboxylic acids is 1. The van der Waals surface area contributed by atoms with Crippen molar-refractivity contribution in [3.05, 3.63) is 52.8 Å². The van der Waals surface area contributed by atoms with E-state index in [2.05, 4.69) is 41.4 Å². The molecule has 0 radical (unpaired) electrons. The third kappa shape index (κ3) is 7.77. The van der Waals surface area contributed by atoms with E-state index in [1.807, 2.05) is 49.6 Å². The van der Waals surface area contributed by atoms with Gasteiger partial charge >= 0.3 is 0 Å². The average molecular weight is 534 g/mol. The standard InChI is InChI=1S/C18H24BrN5O.HI/c1-14-13-15(19)5-6-16(14)23-17(25)7-8-21-18(20-2)22-9-12-24-10-3-4-11-24;/h3-6,10-11,13H,7-9,12H2,1-2H3,(H,23,25)(H2,20,21,22);1H. The molecule has 8 heteroatoms. The lowest BCUT2D eigenvalue weighted by atomic mass is 10.2. The Hall–Kier alpha value is -1.55. The summed E-state index contributed by atoms with van der Waals surface area (Å²) in [4.78, 5) is 16.2. The van der Waals surface area contributed by atoms with Crippen LogP contribution in [-0.2, 0) is 11.3 Å². The van der Waals surface area contributed by atoms with E-state index in [4.69, 9.17) is 0 Å². The number of aliphatic imine (C=N–C) groups is 1. The fourth-order valence-electron chi connectivity index (χ4n) is 2.32. The number of guanidine groups is 1. The van der Waals surface area contributed by atoms with Gasteiger partial charge in [-0.25, -0.2) is 0 Å². The highest BCUT2D eigenvalue weighted by molar-refractivity contribution is 14.0. The van der Waals surface area contributed by atoms with Crippen LogP contribution in [0.25, 0.3) is 0 Å². The van der Waals surface area contributed by atoms with E-state index < -0.39 is 0 Å². The van der Waals surface area contributed by atoms with E-state index in [0.29, 0.717) is 18.9 Å². The molecule has 142 valence electrons. The van der Waals surface area contributed by atoms with Crippen molar-refractivity contribution in [3.63, 3.8) is 0 Å². The Labute approximate surface area is 180 Å². The Morgan fingerprint density at radius 1 is 1.19 bits per heavy atom. The van der Waals surface area contributed by atoms with Gasteiger partial charge < -0.3 is 20.5 Å². The van der Waals surface area contributed by atoms with Crippen LogP contribution >= 0.6 is 39.9 Å². The Balaban J connectivity index is 0.00000338. The first-order valence-corrected chi connectivity index (χ1v) is 8.99. The van der Waals surface area contributed by atoms with E-state index in [-0.39, 0.29) is 29.9 Å². The third-order valence-corrected chi connectivity index (χ3v) is 4.15. The molecule has 1 heterocycles. The zero-order valence-corrected chi connectivity index (χ0v) is 18.9. The summed E-state index contributed by atoms with van der Waals surface area (Å²) in [6, 6.07) is 9.78. The van der Waals surface area contributed by atoms with E-state index >= 15 is 0 Å². The van der Waals surface area contributed by atoms with Crippen LogP contribution in [0.15, 0.2) is 52.2 Å². The molecule has 2 aromatic rings. The quantitative estimate of drug-likeness (QED) is 0.290. The molecule has 1 amide bonds. The number of nitrogens with one attached hydrogen (secondary N) is 3. The molecule has 0 fully saturated rings. The average Bonchev–Trinajstić information content (AvgIpc) is 3.09. The number of amides is 1. The van der Waals surface area contributed by atoms with Crippen molar-refractivity contribution in [3.8, 4) is 0 Å². The fourth-order valence-corrected chi connectivity index (χ4v) is 2.79. The predicted octanol–water partition coefficient (Wildman–Crippen LogP) is 3.37. The molecule has 1 aromatic heterocycles. The Morgan fingerprint density at radius 2 is 1.88 bits per heavy atom. The van der Waals surface area contributed by atoms with Crippen molar-refractivity contribution in [1.82, 2.24) is 15.2 Å². The van der Waals surface area contributed by atoms with E-state index in [9.17, 15) is 4.79 Å². The number of benzene rings is 1. The number of halogens is 2. The summed E-state index contributed by atoms with van der Waals surface area (Å²) in [6.07, 6.45) is 4.41. The number of aryl methyl sites for hydroxylation is 1. The maximum atomic E-state index is 12.1. The molecule has 0 spiro atoms. The molecule has 2 rings (SSSR count). The van der Waals surface area contributed by atoms with Crippen LogP contribution in [0.2, 0.25) is 0 Å². The van der Waals surface area contributed by atoms with Crippen LogP contribution < -0.4 is 16.0 Å². The lowest BCUT2D eigenvalue weighted by Crippen LogP contribution is -2.40. The van der Waals surface area contributed by atoms with Gasteiger partial charge in [0.25, 0.3) is 0 Å².